The van der Waals surface area contributed by atoms with E-state index in [9.17, 15) is 14.4 Å². The predicted molar refractivity (Wildman–Crippen MR) is 87.5 cm³/mol. The highest BCUT2D eigenvalue weighted by molar-refractivity contribution is 5.94. The molecule has 6 heteroatoms. The maximum Gasteiger partial charge on any atom is 0.260 e. The summed E-state index contributed by atoms with van der Waals surface area (Å²) in [5, 5.41) is 2.75. The summed E-state index contributed by atoms with van der Waals surface area (Å²) in [6.07, 6.45) is 0. The molecule has 0 saturated heterocycles. The molecule has 2 amide bonds. The van der Waals surface area contributed by atoms with E-state index in [-0.39, 0.29) is 36.8 Å². The van der Waals surface area contributed by atoms with Crippen molar-refractivity contribution in [2.75, 3.05) is 19.7 Å². The zero-order valence-corrected chi connectivity index (χ0v) is 14.1. The summed E-state index contributed by atoms with van der Waals surface area (Å²) in [6.45, 7) is 7.24. The number of likely N-dealkylation sites (N-methyl/N-ethyl adjacent to an activating group) is 1. The summed E-state index contributed by atoms with van der Waals surface area (Å²) in [5.41, 5.74) is 0.526. The molecule has 0 aliphatic rings. The molecule has 1 aromatic rings. The second kappa shape index (κ2) is 8.92. The van der Waals surface area contributed by atoms with Gasteiger partial charge in [0.1, 0.15) is 5.75 Å². The highest BCUT2D eigenvalue weighted by atomic mass is 16.5. The first kappa shape index (κ1) is 18.7. The summed E-state index contributed by atoms with van der Waals surface area (Å²) in [7, 11) is 0. The second-order valence-corrected chi connectivity index (χ2v) is 5.50. The number of carbonyl (C=O) groups is 3. The van der Waals surface area contributed by atoms with Gasteiger partial charge >= 0.3 is 0 Å². The van der Waals surface area contributed by atoms with Crippen LogP contribution >= 0.6 is 0 Å². The van der Waals surface area contributed by atoms with Crippen LogP contribution in [0.5, 0.6) is 5.75 Å². The zero-order valence-electron chi connectivity index (χ0n) is 14.1. The molecule has 0 aliphatic carbocycles. The van der Waals surface area contributed by atoms with Gasteiger partial charge in [0, 0.05) is 18.2 Å². The van der Waals surface area contributed by atoms with Crippen molar-refractivity contribution in [2.24, 2.45) is 0 Å². The van der Waals surface area contributed by atoms with Crippen molar-refractivity contribution < 1.29 is 19.1 Å². The van der Waals surface area contributed by atoms with Crippen LogP contribution in [0.25, 0.3) is 0 Å². The Morgan fingerprint density at radius 1 is 1.26 bits per heavy atom. The Bertz CT molecular complexity index is 569. The Kier molecular flexibility index (Phi) is 7.25. The van der Waals surface area contributed by atoms with E-state index in [0.29, 0.717) is 17.9 Å². The van der Waals surface area contributed by atoms with Crippen molar-refractivity contribution in [3.05, 3.63) is 29.8 Å². The molecule has 0 saturated carbocycles. The Morgan fingerprint density at radius 2 is 1.96 bits per heavy atom. The van der Waals surface area contributed by atoms with Gasteiger partial charge in [0.2, 0.25) is 5.91 Å². The number of benzene rings is 1. The van der Waals surface area contributed by atoms with Crippen molar-refractivity contribution in [3.8, 4) is 5.75 Å². The fraction of sp³-hybridized carbons (Fsp3) is 0.471. The SMILES string of the molecule is CCN(CC(=O)NC(C)C)C(=O)COc1cccc(C(C)=O)c1. The Labute approximate surface area is 136 Å². The molecular weight excluding hydrogens is 296 g/mol. The van der Waals surface area contributed by atoms with Gasteiger partial charge in [-0.2, -0.15) is 0 Å². The predicted octanol–water partition coefficient (Wildman–Crippen LogP) is 1.64. The number of hydrogen-bond donors (Lipinski definition) is 1. The van der Waals surface area contributed by atoms with Crippen LogP contribution in [0.1, 0.15) is 38.1 Å². The average Bonchev–Trinajstić information content (AvgIpc) is 2.49. The number of hydrogen-bond acceptors (Lipinski definition) is 4. The van der Waals surface area contributed by atoms with Crippen LogP contribution in [0.15, 0.2) is 24.3 Å². The Morgan fingerprint density at radius 3 is 2.52 bits per heavy atom. The summed E-state index contributed by atoms with van der Waals surface area (Å²) < 4.78 is 5.43. The minimum absolute atomic E-state index is 0.00432. The summed E-state index contributed by atoms with van der Waals surface area (Å²) in [4.78, 5) is 36.6. The van der Waals surface area contributed by atoms with Crippen molar-refractivity contribution in [1.82, 2.24) is 10.2 Å². The molecule has 0 unspecified atom stereocenters. The quantitative estimate of drug-likeness (QED) is 0.739. The van der Waals surface area contributed by atoms with E-state index in [0.717, 1.165) is 0 Å². The molecule has 126 valence electrons. The van der Waals surface area contributed by atoms with E-state index in [1.165, 1.54) is 11.8 Å². The largest absolute Gasteiger partial charge is 0.484 e. The molecule has 0 bridgehead atoms. The van der Waals surface area contributed by atoms with Gasteiger partial charge in [0.25, 0.3) is 5.91 Å². The van der Waals surface area contributed by atoms with Crippen molar-refractivity contribution in [3.63, 3.8) is 0 Å². The summed E-state index contributed by atoms with van der Waals surface area (Å²) in [5.74, 6) is -0.0931. The Balaban J connectivity index is 2.58. The summed E-state index contributed by atoms with van der Waals surface area (Å²) >= 11 is 0. The monoisotopic (exact) mass is 320 g/mol. The van der Waals surface area contributed by atoms with Crippen molar-refractivity contribution in [2.45, 2.75) is 33.7 Å². The molecule has 0 aliphatic heterocycles. The van der Waals surface area contributed by atoms with E-state index in [2.05, 4.69) is 5.32 Å². The molecule has 0 heterocycles. The van der Waals surface area contributed by atoms with E-state index < -0.39 is 0 Å². The lowest BCUT2D eigenvalue weighted by molar-refractivity contribution is -0.137. The van der Waals surface area contributed by atoms with Crippen molar-refractivity contribution >= 4 is 17.6 Å². The molecule has 0 atom stereocenters. The molecule has 23 heavy (non-hydrogen) atoms. The third kappa shape index (κ3) is 6.50. The number of Topliss-reactive ketones (excluding diaryl/α,β-unsaturated/α-hetero) is 1. The molecule has 0 radical (unpaired) electrons. The molecule has 0 fully saturated rings. The van der Waals surface area contributed by atoms with Gasteiger partial charge in [0.15, 0.2) is 12.4 Å². The lowest BCUT2D eigenvalue weighted by atomic mass is 10.1. The number of amides is 2. The first-order chi connectivity index (χ1) is 10.8. The van der Waals surface area contributed by atoms with Crippen LogP contribution in [0.4, 0.5) is 0 Å². The van der Waals surface area contributed by atoms with E-state index in [1.54, 1.807) is 31.2 Å². The third-order valence-electron chi connectivity index (χ3n) is 3.12. The number of nitrogens with zero attached hydrogens (tertiary/aromatic N) is 1. The minimum atomic E-state index is -0.278. The van der Waals surface area contributed by atoms with Gasteiger partial charge in [-0.15, -0.1) is 0 Å². The average molecular weight is 320 g/mol. The highest BCUT2D eigenvalue weighted by Gasteiger charge is 2.16. The van der Waals surface area contributed by atoms with Gasteiger partial charge in [-0.05, 0) is 39.8 Å². The molecule has 1 aromatic carbocycles. The maximum absolute atomic E-state index is 12.1. The van der Waals surface area contributed by atoms with Gasteiger partial charge < -0.3 is 15.0 Å². The molecule has 0 aromatic heterocycles. The zero-order chi connectivity index (χ0) is 17.4. The first-order valence-corrected chi connectivity index (χ1v) is 7.64. The number of rotatable bonds is 8. The third-order valence-corrected chi connectivity index (χ3v) is 3.12. The number of ketones is 1. The fourth-order valence-corrected chi connectivity index (χ4v) is 1.96. The normalized spacial score (nSPS) is 10.3. The maximum atomic E-state index is 12.1. The molecule has 1 N–H and O–H groups in total. The van der Waals surface area contributed by atoms with Crippen LogP contribution in [0, 0.1) is 0 Å². The first-order valence-electron chi connectivity index (χ1n) is 7.64. The lowest BCUT2D eigenvalue weighted by Crippen LogP contribution is -2.44. The van der Waals surface area contributed by atoms with Gasteiger partial charge in [-0.25, -0.2) is 0 Å². The van der Waals surface area contributed by atoms with Gasteiger partial charge in [-0.3, -0.25) is 14.4 Å². The molecule has 0 spiro atoms. The lowest BCUT2D eigenvalue weighted by Gasteiger charge is -2.21. The minimum Gasteiger partial charge on any atom is -0.484 e. The molecule has 6 nitrogen and oxygen atoms in total. The number of nitrogens with one attached hydrogen (secondary N) is 1. The number of ether oxygens (including phenoxy) is 1. The second-order valence-electron chi connectivity index (χ2n) is 5.50. The molecular formula is C17H24N2O4. The fourth-order valence-electron chi connectivity index (χ4n) is 1.96. The van der Waals surface area contributed by atoms with Crippen LogP contribution in [-0.4, -0.2) is 48.2 Å². The topological polar surface area (TPSA) is 75.7 Å². The smallest absolute Gasteiger partial charge is 0.260 e. The van der Waals surface area contributed by atoms with E-state index in [4.69, 9.17) is 4.74 Å². The van der Waals surface area contributed by atoms with Crippen LogP contribution in [0.3, 0.4) is 0 Å². The standard InChI is InChI=1S/C17H24N2O4/c1-5-19(10-16(21)18-12(2)3)17(22)11-23-15-8-6-7-14(9-15)13(4)20/h6-9,12H,5,10-11H2,1-4H3,(H,18,21). The van der Waals surface area contributed by atoms with E-state index >= 15 is 0 Å². The van der Waals surface area contributed by atoms with E-state index in [1.807, 2.05) is 13.8 Å². The number of carbonyl (C=O) groups excluding carboxylic acids is 3. The summed E-state index contributed by atoms with van der Waals surface area (Å²) in [6, 6.07) is 6.69. The van der Waals surface area contributed by atoms with Crippen LogP contribution in [-0.2, 0) is 9.59 Å². The van der Waals surface area contributed by atoms with Gasteiger partial charge in [0.05, 0.1) is 6.54 Å². The van der Waals surface area contributed by atoms with Crippen molar-refractivity contribution in [1.29, 1.82) is 0 Å². The van der Waals surface area contributed by atoms with Crippen LogP contribution in [0.2, 0.25) is 0 Å². The molecule has 1 rings (SSSR count). The Hall–Kier alpha value is -2.37. The highest BCUT2D eigenvalue weighted by Crippen LogP contribution is 2.13. The van der Waals surface area contributed by atoms with Gasteiger partial charge in [-0.1, -0.05) is 12.1 Å². The van der Waals surface area contributed by atoms with Crippen LogP contribution < -0.4 is 10.1 Å².